The van der Waals surface area contributed by atoms with Gasteiger partial charge in [0.25, 0.3) is 0 Å². The summed E-state index contributed by atoms with van der Waals surface area (Å²) < 4.78 is 1.85. The summed E-state index contributed by atoms with van der Waals surface area (Å²) in [6.45, 7) is 0. The predicted molar refractivity (Wildman–Crippen MR) is 387 cm³/mol. The quantitative estimate of drug-likeness (QED) is 0.142. The van der Waals surface area contributed by atoms with Crippen molar-refractivity contribution in [3.05, 3.63) is 310 Å². The minimum absolute atomic E-state index is 0.813. The number of aromatic nitrogens is 5. The molecular weight excluding hydrogens is 1140 g/mol. The Hall–Kier alpha value is -12.0. The highest BCUT2D eigenvalue weighted by molar-refractivity contribution is 7.21. The van der Waals surface area contributed by atoms with Gasteiger partial charge < -0.3 is 0 Å². The molecule has 4 heterocycles. The largest absolute Gasteiger partial charge is 0.243 e. The van der Waals surface area contributed by atoms with Crippen LogP contribution in [0.5, 0.6) is 0 Å². The topological polar surface area (TPSA) is 56.0 Å². The normalized spacial score (nSPS) is 11.9. The third kappa shape index (κ3) is 8.60. The minimum Gasteiger partial charge on any atom is -0.243 e. The number of hydrogen-bond donors (Lipinski definition) is 0. The third-order valence-electron chi connectivity index (χ3n) is 18.9. The second kappa shape index (κ2) is 20.8. The lowest BCUT2D eigenvalue weighted by molar-refractivity contribution is 0.963. The van der Waals surface area contributed by atoms with E-state index in [9.17, 15) is 0 Å². The maximum absolute atomic E-state index is 5.40. The monoisotopic (exact) mass is 1190 g/mol. The lowest BCUT2D eigenvalue weighted by atomic mass is 9.83. The van der Waals surface area contributed by atoms with Crippen LogP contribution < -0.4 is 0 Å². The fourth-order valence-corrected chi connectivity index (χ4v) is 15.4. The molecule has 0 saturated carbocycles. The van der Waals surface area contributed by atoms with Crippen molar-refractivity contribution in [2.75, 3.05) is 0 Å². The number of rotatable bonds is 8. The van der Waals surface area contributed by atoms with Crippen molar-refractivity contribution in [2.45, 2.75) is 0 Å². The molecule has 19 aromatic rings. The smallest absolute Gasteiger partial charge is 0.155 e. The standard InChI is InChI=1S/C86H51N5S/c1-5-16-56-40-64(28-24-52(56)12-1)81-71-22-9-10-23-72(71)82(65-29-25-53-13-2-6-17-57(53)41-65)76-45-61(32-36-73(76)81)60-20-11-21-68(44-60)85-90-79-48-70(49-87-86(79)92-85)63-34-38-75-78(47-63)84(67-31-27-55-15-4-8-19-59(55)43-67)74-37-33-62(69-35-39-80-88-51-89-91(80)50-69)46-77(74)83(75)66-30-26-54-14-3-7-18-58(54)42-66/h1-51H. The molecule has 0 aliphatic carbocycles. The number of benzene rings is 15. The number of thiazole rings is 1. The summed E-state index contributed by atoms with van der Waals surface area (Å²) >= 11 is 1.64. The van der Waals surface area contributed by atoms with E-state index in [0.717, 1.165) is 76.5 Å². The van der Waals surface area contributed by atoms with E-state index < -0.39 is 0 Å². The Kier molecular flexibility index (Phi) is 11.8. The third-order valence-corrected chi connectivity index (χ3v) is 20.0. The Balaban J connectivity index is 0.751. The van der Waals surface area contributed by atoms with E-state index in [1.807, 2.05) is 16.8 Å². The maximum Gasteiger partial charge on any atom is 0.155 e. The predicted octanol–water partition coefficient (Wildman–Crippen LogP) is 23.3. The number of fused-ring (bicyclic) bond motifs is 10. The van der Waals surface area contributed by atoms with Gasteiger partial charge in [0.2, 0.25) is 0 Å². The number of pyridine rings is 2. The SMILES string of the molecule is c1cc(-c2ccc3c(-c4ccc5ccccc5c4)c4ccccc4c(-c4ccc5ccccc5c4)c3c2)cc(-c2nc3cc(-c4ccc5c(-c6ccc7ccccc7c6)c6cc(-c7ccc8ncnn8c7)ccc6c(-c6ccc7ccccc7c6)c5c4)cnc3s2)c1. The molecule has 0 radical (unpaired) electrons. The summed E-state index contributed by atoms with van der Waals surface area (Å²) in [7, 11) is 0. The minimum atomic E-state index is 0.813. The van der Waals surface area contributed by atoms with E-state index in [1.165, 1.54) is 114 Å². The van der Waals surface area contributed by atoms with Crippen LogP contribution in [-0.2, 0) is 0 Å². The Morgan fingerprint density at radius 2 is 0.652 bits per heavy atom. The fourth-order valence-electron chi connectivity index (χ4n) is 14.5. The molecular formula is C86H51N5S. The van der Waals surface area contributed by atoms with Crippen molar-refractivity contribution >= 4 is 114 Å². The van der Waals surface area contributed by atoms with Crippen molar-refractivity contribution in [3.63, 3.8) is 0 Å². The molecule has 0 aliphatic heterocycles. The van der Waals surface area contributed by atoms with E-state index in [1.54, 1.807) is 17.7 Å². The summed E-state index contributed by atoms with van der Waals surface area (Å²) in [4.78, 5) is 15.9. The van der Waals surface area contributed by atoms with Gasteiger partial charge in [-0.1, -0.05) is 236 Å². The van der Waals surface area contributed by atoms with Gasteiger partial charge in [0.1, 0.15) is 21.7 Å². The highest BCUT2D eigenvalue weighted by Crippen LogP contribution is 2.49. The lowest BCUT2D eigenvalue weighted by Gasteiger charge is -2.20. The maximum atomic E-state index is 5.40. The van der Waals surface area contributed by atoms with E-state index in [2.05, 4.69) is 301 Å². The first-order valence-corrected chi connectivity index (χ1v) is 32.0. The second-order valence-corrected chi connectivity index (χ2v) is 25.2. The molecule has 0 bridgehead atoms. The van der Waals surface area contributed by atoms with Crippen LogP contribution in [0.25, 0.3) is 191 Å². The molecule has 19 rings (SSSR count). The Morgan fingerprint density at radius 1 is 0.261 bits per heavy atom. The van der Waals surface area contributed by atoms with Crippen LogP contribution in [0.2, 0.25) is 0 Å². The molecule has 0 spiro atoms. The van der Waals surface area contributed by atoms with E-state index in [4.69, 9.17) is 9.97 Å². The van der Waals surface area contributed by atoms with E-state index >= 15 is 0 Å². The zero-order chi connectivity index (χ0) is 60.4. The van der Waals surface area contributed by atoms with Crippen molar-refractivity contribution in [3.8, 4) is 88.5 Å². The first-order chi connectivity index (χ1) is 45.5. The van der Waals surface area contributed by atoms with Crippen LogP contribution in [0.1, 0.15) is 0 Å². The van der Waals surface area contributed by atoms with Gasteiger partial charge in [-0.3, -0.25) is 0 Å². The van der Waals surface area contributed by atoms with Crippen LogP contribution in [-0.4, -0.2) is 24.6 Å². The first kappa shape index (κ1) is 52.0. The molecule has 15 aromatic carbocycles. The van der Waals surface area contributed by atoms with Gasteiger partial charge in [-0.25, -0.2) is 19.5 Å². The summed E-state index contributed by atoms with van der Waals surface area (Å²) in [5, 5.41) is 24.7. The van der Waals surface area contributed by atoms with Gasteiger partial charge in [-0.05, 0) is 220 Å². The lowest BCUT2D eigenvalue weighted by Crippen LogP contribution is -1.94. The van der Waals surface area contributed by atoms with Gasteiger partial charge in [-0.15, -0.1) is 0 Å². The molecule has 0 N–H and O–H groups in total. The molecule has 5 nitrogen and oxygen atoms in total. The zero-order valence-corrected chi connectivity index (χ0v) is 50.4. The summed E-state index contributed by atoms with van der Waals surface area (Å²) in [5.74, 6) is 0. The zero-order valence-electron chi connectivity index (χ0n) is 49.6. The average Bonchev–Trinajstić information content (AvgIpc) is 0.846. The highest BCUT2D eigenvalue weighted by Gasteiger charge is 2.23. The van der Waals surface area contributed by atoms with Crippen molar-refractivity contribution in [1.29, 1.82) is 0 Å². The van der Waals surface area contributed by atoms with Crippen molar-refractivity contribution < 1.29 is 0 Å². The fraction of sp³-hybridized carbons (Fsp3) is 0. The van der Waals surface area contributed by atoms with Crippen LogP contribution in [0.15, 0.2) is 310 Å². The molecule has 426 valence electrons. The summed E-state index contributed by atoms with van der Waals surface area (Å²) in [6.07, 6.45) is 5.70. The molecule has 4 aromatic heterocycles. The van der Waals surface area contributed by atoms with Gasteiger partial charge in [0.05, 0.1) is 0 Å². The van der Waals surface area contributed by atoms with Crippen LogP contribution in [0.4, 0.5) is 0 Å². The van der Waals surface area contributed by atoms with Gasteiger partial charge in [0.15, 0.2) is 5.65 Å². The summed E-state index contributed by atoms with van der Waals surface area (Å²) in [5.41, 5.74) is 18.8. The average molecular weight is 1190 g/mol. The highest BCUT2D eigenvalue weighted by atomic mass is 32.1. The second-order valence-electron chi connectivity index (χ2n) is 24.2. The molecule has 0 amide bonds. The van der Waals surface area contributed by atoms with Gasteiger partial charge in [-0.2, -0.15) is 5.10 Å². The number of hydrogen-bond acceptors (Lipinski definition) is 5. The van der Waals surface area contributed by atoms with Gasteiger partial charge in [0, 0.05) is 29.1 Å². The van der Waals surface area contributed by atoms with Crippen molar-refractivity contribution in [1.82, 2.24) is 24.6 Å². The van der Waals surface area contributed by atoms with Crippen LogP contribution in [0, 0.1) is 0 Å². The Bertz CT molecular complexity index is 6290. The van der Waals surface area contributed by atoms with Crippen LogP contribution >= 0.6 is 11.3 Å². The molecule has 0 aliphatic rings. The number of nitrogens with zero attached hydrogens (tertiary/aromatic N) is 5. The van der Waals surface area contributed by atoms with Crippen molar-refractivity contribution in [2.24, 2.45) is 0 Å². The molecule has 6 heteroatoms. The molecule has 0 fully saturated rings. The molecule has 0 atom stereocenters. The van der Waals surface area contributed by atoms with Gasteiger partial charge >= 0.3 is 0 Å². The first-order valence-electron chi connectivity index (χ1n) is 31.2. The Morgan fingerprint density at radius 3 is 1.15 bits per heavy atom. The molecule has 0 unspecified atom stereocenters. The molecule has 92 heavy (non-hydrogen) atoms. The molecule has 0 saturated heterocycles. The van der Waals surface area contributed by atoms with E-state index in [0.29, 0.717) is 0 Å². The summed E-state index contributed by atoms with van der Waals surface area (Å²) in [6, 6.07) is 107. The van der Waals surface area contributed by atoms with Crippen LogP contribution in [0.3, 0.4) is 0 Å². The van der Waals surface area contributed by atoms with E-state index in [-0.39, 0.29) is 0 Å². The Labute approximate surface area is 533 Å².